The van der Waals surface area contributed by atoms with Gasteiger partial charge in [0, 0.05) is 25.0 Å². The largest absolute Gasteiger partial charge is 0.353 e. The minimum atomic E-state index is -2.97. The summed E-state index contributed by atoms with van der Waals surface area (Å²) in [6.45, 7) is 11.6. The first-order valence-electron chi connectivity index (χ1n) is 7.88. The molecule has 1 rings (SSSR count). The van der Waals surface area contributed by atoms with Crippen LogP contribution in [0.5, 0.6) is 0 Å². The maximum atomic E-state index is 11.9. The van der Waals surface area contributed by atoms with Crippen molar-refractivity contribution in [3.63, 3.8) is 0 Å². The van der Waals surface area contributed by atoms with Crippen molar-refractivity contribution in [2.24, 2.45) is 5.92 Å². The lowest BCUT2D eigenvalue weighted by atomic mass is 9.98. The fourth-order valence-corrected chi connectivity index (χ4v) is 3.23. The van der Waals surface area contributed by atoms with Crippen molar-refractivity contribution < 1.29 is 8.42 Å². The quantitative estimate of drug-likeness (QED) is 0.762. The lowest BCUT2D eigenvalue weighted by Gasteiger charge is -2.21. The standard InChI is InChI=1S/C16H30N2O2S/c1-6-8-17-16(13(2)3)15-7-9-18(12-15)10-11-21(19,20)14(4)5/h7,9,12-14,16-17H,6,8,10-11H2,1-5H3. The molecule has 1 heterocycles. The van der Waals surface area contributed by atoms with E-state index in [0.29, 0.717) is 18.5 Å². The second-order valence-electron chi connectivity index (χ2n) is 6.27. The number of hydrogen-bond donors (Lipinski definition) is 1. The normalized spacial score (nSPS) is 14.0. The molecule has 0 spiro atoms. The summed E-state index contributed by atoms with van der Waals surface area (Å²) in [6.07, 6.45) is 5.16. The Kier molecular flexibility index (Phi) is 6.94. The Labute approximate surface area is 129 Å². The van der Waals surface area contributed by atoms with Crippen molar-refractivity contribution in [3.8, 4) is 0 Å². The van der Waals surface area contributed by atoms with Gasteiger partial charge in [-0.15, -0.1) is 0 Å². The smallest absolute Gasteiger partial charge is 0.154 e. The van der Waals surface area contributed by atoms with Crippen LogP contribution in [-0.2, 0) is 16.4 Å². The molecule has 21 heavy (non-hydrogen) atoms. The van der Waals surface area contributed by atoms with Crippen molar-refractivity contribution in [2.75, 3.05) is 12.3 Å². The summed E-state index contributed by atoms with van der Waals surface area (Å²) in [7, 11) is -2.97. The molecule has 0 saturated heterocycles. The highest BCUT2D eigenvalue weighted by molar-refractivity contribution is 7.91. The number of sulfone groups is 1. The highest BCUT2D eigenvalue weighted by atomic mass is 32.2. The van der Waals surface area contributed by atoms with E-state index in [4.69, 9.17) is 0 Å². The molecule has 5 heteroatoms. The third-order valence-electron chi connectivity index (χ3n) is 3.77. The first-order valence-corrected chi connectivity index (χ1v) is 9.60. The third kappa shape index (κ3) is 5.47. The SMILES string of the molecule is CCCNC(c1ccn(CCS(=O)(=O)C(C)C)c1)C(C)C. The van der Waals surface area contributed by atoms with E-state index < -0.39 is 9.84 Å². The fraction of sp³-hybridized carbons (Fsp3) is 0.750. The Morgan fingerprint density at radius 3 is 2.43 bits per heavy atom. The first kappa shape index (κ1) is 18.2. The molecule has 0 aliphatic heterocycles. The monoisotopic (exact) mass is 314 g/mol. The Morgan fingerprint density at radius 2 is 1.90 bits per heavy atom. The molecule has 1 N–H and O–H groups in total. The van der Waals surface area contributed by atoms with Crippen LogP contribution in [0.1, 0.15) is 52.6 Å². The van der Waals surface area contributed by atoms with Crippen LogP contribution in [0.3, 0.4) is 0 Å². The number of rotatable bonds is 9. The number of aromatic nitrogens is 1. The summed E-state index contributed by atoms with van der Waals surface area (Å²) >= 11 is 0. The summed E-state index contributed by atoms with van der Waals surface area (Å²) in [5.74, 6) is 0.708. The van der Waals surface area contributed by atoms with E-state index in [-0.39, 0.29) is 11.0 Å². The maximum Gasteiger partial charge on any atom is 0.154 e. The van der Waals surface area contributed by atoms with Crippen LogP contribution < -0.4 is 5.32 Å². The van der Waals surface area contributed by atoms with E-state index in [1.54, 1.807) is 13.8 Å². The Hall–Kier alpha value is -0.810. The van der Waals surface area contributed by atoms with Crippen LogP contribution >= 0.6 is 0 Å². The Balaban J connectivity index is 2.71. The number of nitrogens with one attached hydrogen (secondary N) is 1. The van der Waals surface area contributed by atoms with Crippen molar-refractivity contribution in [1.29, 1.82) is 0 Å². The Bertz CT molecular complexity index is 518. The zero-order valence-corrected chi connectivity index (χ0v) is 14.8. The van der Waals surface area contributed by atoms with Crippen molar-refractivity contribution >= 4 is 9.84 Å². The lowest BCUT2D eigenvalue weighted by Crippen LogP contribution is -2.26. The molecule has 0 radical (unpaired) electrons. The second-order valence-corrected chi connectivity index (χ2v) is 8.95. The summed E-state index contributed by atoms with van der Waals surface area (Å²) in [6, 6.07) is 2.42. The van der Waals surface area contributed by atoms with Gasteiger partial charge in [-0.3, -0.25) is 0 Å². The topological polar surface area (TPSA) is 51.1 Å². The molecular weight excluding hydrogens is 284 g/mol. The minimum absolute atomic E-state index is 0.202. The molecule has 0 amide bonds. The van der Waals surface area contributed by atoms with Gasteiger partial charge >= 0.3 is 0 Å². The summed E-state index contributed by atoms with van der Waals surface area (Å²) in [4.78, 5) is 0. The van der Waals surface area contributed by atoms with Gasteiger partial charge in [0.2, 0.25) is 0 Å². The van der Waals surface area contributed by atoms with Crippen LogP contribution in [0.2, 0.25) is 0 Å². The number of nitrogens with zero attached hydrogens (tertiary/aromatic N) is 1. The predicted molar refractivity (Wildman–Crippen MR) is 89.2 cm³/mol. The van der Waals surface area contributed by atoms with Crippen LogP contribution in [0.4, 0.5) is 0 Å². The molecule has 4 nitrogen and oxygen atoms in total. The zero-order valence-electron chi connectivity index (χ0n) is 14.0. The van der Waals surface area contributed by atoms with Gasteiger partial charge in [-0.25, -0.2) is 8.42 Å². The molecule has 0 aromatic carbocycles. The van der Waals surface area contributed by atoms with E-state index in [2.05, 4.69) is 38.4 Å². The van der Waals surface area contributed by atoms with Gasteiger partial charge < -0.3 is 9.88 Å². The van der Waals surface area contributed by atoms with Crippen LogP contribution in [0.15, 0.2) is 18.5 Å². The fourth-order valence-electron chi connectivity index (χ4n) is 2.29. The molecule has 122 valence electrons. The highest BCUT2D eigenvalue weighted by Gasteiger charge is 2.18. The summed E-state index contributed by atoms with van der Waals surface area (Å²) in [5.41, 5.74) is 1.24. The van der Waals surface area contributed by atoms with Gasteiger partial charge in [0.25, 0.3) is 0 Å². The lowest BCUT2D eigenvalue weighted by molar-refractivity contribution is 0.412. The van der Waals surface area contributed by atoms with Gasteiger partial charge in [-0.05, 0) is 44.4 Å². The zero-order chi connectivity index (χ0) is 16.0. The minimum Gasteiger partial charge on any atom is -0.353 e. The predicted octanol–water partition coefficient (Wildman–Crippen LogP) is 3.01. The van der Waals surface area contributed by atoms with Crippen LogP contribution in [-0.4, -0.2) is 30.5 Å². The Morgan fingerprint density at radius 1 is 1.24 bits per heavy atom. The van der Waals surface area contributed by atoms with Crippen molar-refractivity contribution in [1.82, 2.24) is 9.88 Å². The number of aryl methyl sites for hydroxylation is 1. The number of hydrogen-bond acceptors (Lipinski definition) is 3. The van der Waals surface area contributed by atoms with Gasteiger partial charge in [-0.1, -0.05) is 20.8 Å². The summed E-state index contributed by atoms with van der Waals surface area (Å²) < 4.78 is 25.7. The van der Waals surface area contributed by atoms with Crippen molar-refractivity contribution in [3.05, 3.63) is 24.0 Å². The molecule has 0 bridgehead atoms. The van der Waals surface area contributed by atoms with Gasteiger partial charge in [0.05, 0.1) is 11.0 Å². The molecular formula is C16H30N2O2S. The molecule has 1 atom stereocenters. The van der Waals surface area contributed by atoms with E-state index in [1.165, 1.54) is 5.56 Å². The molecule has 0 fully saturated rings. The summed E-state index contributed by atoms with van der Waals surface area (Å²) in [5, 5.41) is 3.25. The van der Waals surface area contributed by atoms with E-state index in [1.807, 2.05) is 10.8 Å². The van der Waals surface area contributed by atoms with E-state index in [9.17, 15) is 8.42 Å². The first-order chi connectivity index (χ1) is 9.77. The molecule has 1 aromatic rings. The van der Waals surface area contributed by atoms with Gasteiger partial charge in [-0.2, -0.15) is 0 Å². The third-order valence-corrected chi connectivity index (χ3v) is 5.95. The molecule has 1 unspecified atom stereocenters. The van der Waals surface area contributed by atoms with Crippen molar-refractivity contribution in [2.45, 2.75) is 58.9 Å². The average Bonchev–Trinajstić information content (AvgIpc) is 2.85. The van der Waals surface area contributed by atoms with E-state index in [0.717, 1.165) is 13.0 Å². The van der Waals surface area contributed by atoms with E-state index >= 15 is 0 Å². The van der Waals surface area contributed by atoms with Crippen LogP contribution in [0, 0.1) is 5.92 Å². The molecule has 0 saturated carbocycles. The van der Waals surface area contributed by atoms with Gasteiger partial charge in [0.15, 0.2) is 9.84 Å². The second kappa shape index (κ2) is 7.99. The molecule has 1 aromatic heterocycles. The molecule has 0 aliphatic rings. The van der Waals surface area contributed by atoms with Crippen LogP contribution in [0.25, 0.3) is 0 Å². The highest BCUT2D eigenvalue weighted by Crippen LogP contribution is 2.22. The van der Waals surface area contributed by atoms with Gasteiger partial charge in [0.1, 0.15) is 0 Å². The average molecular weight is 314 g/mol. The molecule has 0 aliphatic carbocycles. The maximum absolute atomic E-state index is 11.9.